The van der Waals surface area contributed by atoms with Crippen LogP contribution in [0.15, 0.2) is 18.3 Å². The number of aromatic carboxylic acids is 1. The molecule has 1 heterocycles. The molecule has 2 N–H and O–H groups in total. The van der Waals surface area contributed by atoms with Crippen molar-refractivity contribution in [1.82, 2.24) is 9.71 Å². The topological polar surface area (TPSA) is 96.4 Å². The Hall–Kier alpha value is -1.47. The van der Waals surface area contributed by atoms with Gasteiger partial charge < -0.3 is 5.11 Å². The number of nitrogens with one attached hydrogen (secondary N) is 1. The molecule has 0 atom stereocenters. The maximum Gasteiger partial charge on any atom is 0.354 e. The highest BCUT2D eigenvalue weighted by molar-refractivity contribution is 7.90. The summed E-state index contributed by atoms with van der Waals surface area (Å²) in [5.41, 5.74) is 0.582. The number of carboxylic acid groups (broad SMARTS) is 1. The van der Waals surface area contributed by atoms with Crippen LogP contribution in [0.2, 0.25) is 0 Å². The van der Waals surface area contributed by atoms with Gasteiger partial charge in [-0.3, -0.25) is 0 Å². The van der Waals surface area contributed by atoms with E-state index in [9.17, 15) is 13.2 Å². The summed E-state index contributed by atoms with van der Waals surface area (Å²) in [4.78, 5) is 14.3. The van der Waals surface area contributed by atoms with Gasteiger partial charge in [0, 0.05) is 12.7 Å². The molecule has 0 aromatic carbocycles. The van der Waals surface area contributed by atoms with Crippen molar-refractivity contribution in [3.8, 4) is 0 Å². The summed E-state index contributed by atoms with van der Waals surface area (Å²) >= 11 is 0. The highest BCUT2D eigenvalue weighted by Crippen LogP contribution is 2.27. The quantitative estimate of drug-likeness (QED) is 0.793. The Morgan fingerprint density at radius 1 is 1.47 bits per heavy atom. The Bertz CT molecular complexity index is 520. The molecule has 1 fully saturated rings. The predicted molar refractivity (Wildman–Crippen MR) is 60.0 cm³/mol. The fourth-order valence-corrected chi connectivity index (χ4v) is 2.70. The monoisotopic (exact) mass is 256 g/mol. The van der Waals surface area contributed by atoms with Crippen LogP contribution in [0, 0.1) is 0 Å². The van der Waals surface area contributed by atoms with Gasteiger partial charge in [-0.2, -0.15) is 0 Å². The zero-order valence-corrected chi connectivity index (χ0v) is 9.77. The van der Waals surface area contributed by atoms with Crippen molar-refractivity contribution in [2.24, 2.45) is 0 Å². The van der Waals surface area contributed by atoms with Crippen LogP contribution in [-0.4, -0.2) is 29.7 Å². The van der Waals surface area contributed by atoms with Gasteiger partial charge in [-0.05, 0) is 24.5 Å². The summed E-state index contributed by atoms with van der Waals surface area (Å²) in [6, 6.07) is 2.90. The second kappa shape index (κ2) is 4.42. The van der Waals surface area contributed by atoms with E-state index < -0.39 is 16.0 Å². The number of rotatable bonds is 5. The van der Waals surface area contributed by atoms with Crippen LogP contribution < -0.4 is 4.72 Å². The third-order valence-electron chi connectivity index (χ3n) is 2.48. The lowest BCUT2D eigenvalue weighted by Gasteiger charge is -2.05. The first-order valence-corrected chi connectivity index (χ1v) is 6.70. The number of carboxylic acids is 1. The van der Waals surface area contributed by atoms with Crippen LogP contribution in [0.5, 0.6) is 0 Å². The number of aromatic nitrogens is 1. The Kier molecular flexibility index (Phi) is 3.12. The second-order valence-corrected chi connectivity index (χ2v) is 5.97. The third-order valence-corrected chi connectivity index (χ3v) is 4.38. The molecule has 1 aromatic heterocycles. The number of sulfonamides is 1. The van der Waals surface area contributed by atoms with Crippen molar-refractivity contribution in [2.45, 2.75) is 24.6 Å². The molecule has 0 saturated heterocycles. The average molecular weight is 256 g/mol. The van der Waals surface area contributed by atoms with E-state index in [4.69, 9.17) is 5.11 Å². The molecular formula is C10H12N2O4S. The molecule has 0 spiro atoms. The van der Waals surface area contributed by atoms with E-state index in [1.165, 1.54) is 12.3 Å². The summed E-state index contributed by atoms with van der Waals surface area (Å²) in [5, 5.41) is 8.39. The van der Waals surface area contributed by atoms with E-state index in [0.29, 0.717) is 18.4 Å². The first-order valence-electron chi connectivity index (χ1n) is 5.16. The Morgan fingerprint density at radius 3 is 2.65 bits per heavy atom. The van der Waals surface area contributed by atoms with Crippen LogP contribution in [0.3, 0.4) is 0 Å². The van der Waals surface area contributed by atoms with Gasteiger partial charge in [0.1, 0.15) is 5.69 Å². The van der Waals surface area contributed by atoms with E-state index in [2.05, 4.69) is 9.71 Å². The van der Waals surface area contributed by atoms with Gasteiger partial charge in [0.25, 0.3) is 0 Å². The van der Waals surface area contributed by atoms with Gasteiger partial charge in [0.2, 0.25) is 10.0 Å². The number of pyridine rings is 1. The van der Waals surface area contributed by atoms with E-state index in [1.807, 2.05) is 0 Å². The maximum absolute atomic E-state index is 11.5. The molecule has 0 amide bonds. The van der Waals surface area contributed by atoms with Crippen LogP contribution >= 0.6 is 0 Å². The molecule has 17 heavy (non-hydrogen) atoms. The highest BCUT2D eigenvalue weighted by Gasteiger charge is 2.35. The maximum atomic E-state index is 11.5. The Labute approximate surface area is 98.7 Å². The molecule has 1 aliphatic carbocycles. The molecule has 0 bridgehead atoms. The summed E-state index contributed by atoms with van der Waals surface area (Å²) in [6.07, 6.45) is 2.79. The van der Waals surface area contributed by atoms with Crippen molar-refractivity contribution < 1.29 is 18.3 Å². The SMILES string of the molecule is O=C(O)c1ccc(CNS(=O)(=O)C2CC2)cn1. The summed E-state index contributed by atoms with van der Waals surface area (Å²) < 4.78 is 25.5. The molecule has 7 heteroatoms. The Balaban J connectivity index is 1.97. The number of carbonyl (C=O) groups is 1. The molecule has 0 aliphatic heterocycles. The molecular weight excluding hydrogens is 244 g/mol. The average Bonchev–Trinajstić information content (AvgIpc) is 3.11. The lowest BCUT2D eigenvalue weighted by molar-refractivity contribution is 0.0690. The van der Waals surface area contributed by atoms with E-state index in [1.54, 1.807) is 6.07 Å². The molecule has 1 saturated carbocycles. The standard InChI is InChI=1S/C10H12N2O4S/c13-10(14)9-4-1-7(5-11-9)6-12-17(15,16)8-2-3-8/h1,4-5,8,12H,2-3,6H2,(H,13,14). The smallest absolute Gasteiger partial charge is 0.354 e. The van der Waals surface area contributed by atoms with Crippen LogP contribution in [0.1, 0.15) is 28.9 Å². The number of nitrogens with zero attached hydrogens (tertiary/aromatic N) is 1. The van der Waals surface area contributed by atoms with Crippen molar-refractivity contribution in [2.75, 3.05) is 0 Å². The van der Waals surface area contributed by atoms with Crippen LogP contribution in [0.25, 0.3) is 0 Å². The largest absolute Gasteiger partial charge is 0.477 e. The first kappa shape index (κ1) is 12.0. The van der Waals surface area contributed by atoms with Crippen molar-refractivity contribution >= 4 is 16.0 Å². The van der Waals surface area contributed by atoms with Crippen LogP contribution in [-0.2, 0) is 16.6 Å². The van der Waals surface area contributed by atoms with Crippen LogP contribution in [0.4, 0.5) is 0 Å². The second-order valence-electron chi connectivity index (χ2n) is 3.92. The minimum Gasteiger partial charge on any atom is -0.477 e. The van der Waals surface area contributed by atoms with Crippen molar-refractivity contribution in [3.63, 3.8) is 0 Å². The van der Waals surface area contributed by atoms with Crippen molar-refractivity contribution in [3.05, 3.63) is 29.6 Å². The first-order chi connectivity index (χ1) is 7.99. The van der Waals surface area contributed by atoms with E-state index >= 15 is 0 Å². The summed E-state index contributed by atoms with van der Waals surface area (Å²) in [6.45, 7) is 0.145. The van der Waals surface area contributed by atoms with Gasteiger partial charge in [0.05, 0.1) is 5.25 Å². The molecule has 1 aliphatic rings. The lowest BCUT2D eigenvalue weighted by Crippen LogP contribution is -2.26. The third kappa shape index (κ3) is 3.01. The predicted octanol–water partition coefficient (Wildman–Crippen LogP) is 0.362. The molecule has 0 unspecified atom stereocenters. The van der Waals surface area contributed by atoms with Gasteiger partial charge in [-0.1, -0.05) is 6.07 Å². The van der Waals surface area contributed by atoms with Gasteiger partial charge in [-0.15, -0.1) is 0 Å². The zero-order chi connectivity index (χ0) is 12.5. The van der Waals surface area contributed by atoms with Gasteiger partial charge in [-0.25, -0.2) is 22.9 Å². The van der Waals surface area contributed by atoms with Gasteiger partial charge in [0.15, 0.2) is 0 Å². The normalized spacial score (nSPS) is 15.8. The lowest BCUT2D eigenvalue weighted by atomic mass is 10.2. The fraction of sp³-hybridized carbons (Fsp3) is 0.400. The number of hydrogen-bond acceptors (Lipinski definition) is 4. The van der Waals surface area contributed by atoms with Gasteiger partial charge >= 0.3 is 5.97 Å². The molecule has 6 nitrogen and oxygen atoms in total. The van der Waals surface area contributed by atoms with Crippen molar-refractivity contribution in [1.29, 1.82) is 0 Å². The van der Waals surface area contributed by atoms with E-state index in [0.717, 1.165) is 0 Å². The molecule has 0 radical (unpaired) electrons. The molecule has 92 valence electrons. The minimum atomic E-state index is -3.21. The molecule has 1 aromatic rings. The van der Waals surface area contributed by atoms with E-state index in [-0.39, 0.29) is 17.5 Å². The summed E-state index contributed by atoms with van der Waals surface area (Å²) in [7, 11) is -3.21. The fourth-order valence-electron chi connectivity index (χ4n) is 1.34. The minimum absolute atomic E-state index is 0.0567. The zero-order valence-electron chi connectivity index (χ0n) is 8.96. The molecule has 2 rings (SSSR count). The summed E-state index contributed by atoms with van der Waals surface area (Å²) in [5.74, 6) is -1.10. The highest BCUT2D eigenvalue weighted by atomic mass is 32.2. The Morgan fingerprint density at radius 2 is 2.18 bits per heavy atom. The number of hydrogen-bond donors (Lipinski definition) is 2.